The quantitative estimate of drug-likeness (QED) is 0.403. The van der Waals surface area contributed by atoms with Gasteiger partial charge in [0.15, 0.2) is 0 Å². The topological polar surface area (TPSA) is 106 Å². The fourth-order valence-electron chi connectivity index (χ4n) is 3.21. The summed E-state index contributed by atoms with van der Waals surface area (Å²) in [6.07, 6.45) is 3.62. The highest BCUT2D eigenvalue weighted by atomic mass is 16.3. The van der Waals surface area contributed by atoms with Crippen LogP contribution in [0, 0.1) is 0 Å². The molecular formula is C22H26N4O3. The molecule has 3 aromatic rings. The minimum atomic E-state index is -0.429. The second kappa shape index (κ2) is 9.75. The smallest absolute Gasteiger partial charge is 0.319 e. The SMILES string of the molecule is CCCC(=O)Nc1cccc(NC(=O)NC(CO)Cc2c[nH]c3ccccc23)c1. The number of hydrogen-bond acceptors (Lipinski definition) is 3. The van der Waals surface area contributed by atoms with E-state index in [0.717, 1.165) is 22.9 Å². The third-order valence-electron chi connectivity index (χ3n) is 4.58. The lowest BCUT2D eigenvalue weighted by Gasteiger charge is -2.17. The van der Waals surface area contributed by atoms with E-state index in [1.54, 1.807) is 24.3 Å². The standard InChI is InChI=1S/C22H26N4O3/c1-2-6-21(28)24-16-7-5-8-17(12-16)25-22(29)26-18(14-27)11-15-13-23-20-10-4-3-9-19(15)20/h3-5,7-10,12-13,18,23,27H,2,6,11,14H2,1H3,(H,24,28)(H2,25,26,29). The largest absolute Gasteiger partial charge is 0.394 e. The maximum atomic E-state index is 12.4. The van der Waals surface area contributed by atoms with Gasteiger partial charge in [-0.2, -0.15) is 0 Å². The van der Waals surface area contributed by atoms with Crippen LogP contribution in [-0.4, -0.2) is 34.7 Å². The van der Waals surface area contributed by atoms with Gasteiger partial charge in [-0.15, -0.1) is 0 Å². The molecule has 0 aliphatic heterocycles. The zero-order valence-electron chi connectivity index (χ0n) is 16.4. The van der Waals surface area contributed by atoms with Gasteiger partial charge in [-0.3, -0.25) is 4.79 Å². The van der Waals surface area contributed by atoms with E-state index in [1.807, 2.05) is 37.4 Å². The van der Waals surface area contributed by atoms with E-state index in [0.29, 0.717) is 24.2 Å². The van der Waals surface area contributed by atoms with Gasteiger partial charge >= 0.3 is 6.03 Å². The first kappa shape index (κ1) is 20.4. The van der Waals surface area contributed by atoms with E-state index >= 15 is 0 Å². The Morgan fingerprint density at radius 3 is 2.59 bits per heavy atom. The molecule has 2 aromatic carbocycles. The zero-order chi connectivity index (χ0) is 20.6. The second-order valence-electron chi connectivity index (χ2n) is 6.92. The predicted molar refractivity (Wildman–Crippen MR) is 115 cm³/mol. The average molecular weight is 394 g/mol. The number of amides is 3. The first-order valence-corrected chi connectivity index (χ1v) is 9.72. The lowest BCUT2D eigenvalue weighted by molar-refractivity contribution is -0.116. The van der Waals surface area contributed by atoms with Crippen LogP contribution in [0.1, 0.15) is 25.3 Å². The van der Waals surface area contributed by atoms with Crippen LogP contribution >= 0.6 is 0 Å². The molecule has 7 nitrogen and oxygen atoms in total. The Kier molecular flexibility index (Phi) is 6.86. The highest BCUT2D eigenvalue weighted by Gasteiger charge is 2.15. The number of carbonyl (C=O) groups is 2. The van der Waals surface area contributed by atoms with Crippen LogP contribution < -0.4 is 16.0 Å². The molecule has 0 saturated carbocycles. The number of carbonyl (C=O) groups excluding carboxylic acids is 2. The number of aromatic nitrogens is 1. The molecule has 1 heterocycles. The molecule has 3 rings (SSSR count). The van der Waals surface area contributed by atoms with Crippen LogP contribution in [0.3, 0.4) is 0 Å². The summed E-state index contributed by atoms with van der Waals surface area (Å²) >= 11 is 0. The lowest BCUT2D eigenvalue weighted by Crippen LogP contribution is -2.41. The summed E-state index contributed by atoms with van der Waals surface area (Å²) in [6.45, 7) is 1.76. The maximum Gasteiger partial charge on any atom is 0.319 e. The van der Waals surface area contributed by atoms with E-state index in [-0.39, 0.29) is 12.5 Å². The monoisotopic (exact) mass is 394 g/mol. The van der Waals surface area contributed by atoms with Crippen molar-refractivity contribution in [3.8, 4) is 0 Å². The Balaban J connectivity index is 1.59. The van der Waals surface area contributed by atoms with Crippen molar-refractivity contribution >= 4 is 34.2 Å². The number of aromatic amines is 1. The zero-order valence-corrected chi connectivity index (χ0v) is 16.4. The van der Waals surface area contributed by atoms with Crippen LogP contribution in [0.4, 0.5) is 16.2 Å². The Morgan fingerprint density at radius 1 is 1.07 bits per heavy atom. The van der Waals surface area contributed by atoms with E-state index in [2.05, 4.69) is 20.9 Å². The number of H-pyrrole nitrogens is 1. The van der Waals surface area contributed by atoms with Gasteiger partial charge in [-0.05, 0) is 42.7 Å². The number of aliphatic hydroxyl groups excluding tert-OH is 1. The van der Waals surface area contributed by atoms with Crippen LogP contribution in [-0.2, 0) is 11.2 Å². The van der Waals surface area contributed by atoms with Gasteiger partial charge in [-0.1, -0.05) is 31.2 Å². The summed E-state index contributed by atoms with van der Waals surface area (Å²) in [4.78, 5) is 27.3. The number of rotatable bonds is 8. The van der Waals surface area contributed by atoms with Crippen molar-refractivity contribution in [3.05, 3.63) is 60.3 Å². The molecule has 29 heavy (non-hydrogen) atoms. The summed E-state index contributed by atoms with van der Waals surface area (Å²) in [5.41, 5.74) is 3.23. The molecule has 1 unspecified atom stereocenters. The van der Waals surface area contributed by atoms with Crippen LogP contribution in [0.15, 0.2) is 54.7 Å². The highest BCUT2D eigenvalue weighted by molar-refractivity contribution is 5.93. The normalized spacial score (nSPS) is 11.8. The summed E-state index contributed by atoms with van der Waals surface area (Å²) in [5, 5.41) is 19.1. The molecule has 0 saturated heterocycles. The number of urea groups is 1. The highest BCUT2D eigenvalue weighted by Crippen LogP contribution is 2.19. The molecule has 7 heteroatoms. The minimum absolute atomic E-state index is 0.0619. The van der Waals surface area contributed by atoms with Crippen molar-refractivity contribution in [2.75, 3.05) is 17.2 Å². The first-order valence-electron chi connectivity index (χ1n) is 9.72. The van der Waals surface area contributed by atoms with Gasteiger partial charge < -0.3 is 26.0 Å². The van der Waals surface area contributed by atoms with E-state index in [9.17, 15) is 14.7 Å². The predicted octanol–water partition coefficient (Wildman–Crippen LogP) is 3.63. The third kappa shape index (κ3) is 5.58. The van der Waals surface area contributed by atoms with E-state index in [1.165, 1.54) is 0 Å². The maximum absolute atomic E-state index is 12.4. The number of nitrogens with one attached hydrogen (secondary N) is 4. The number of benzene rings is 2. The molecule has 5 N–H and O–H groups in total. The van der Waals surface area contributed by atoms with Crippen LogP contribution in [0.2, 0.25) is 0 Å². The van der Waals surface area contributed by atoms with Crippen LogP contribution in [0.5, 0.6) is 0 Å². The fourth-order valence-corrected chi connectivity index (χ4v) is 3.21. The van der Waals surface area contributed by atoms with Gasteiger partial charge in [0.1, 0.15) is 0 Å². The molecule has 1 atom stereocenters. The molecule has 0 aliphatic rings. The van der Waals surface area contributed by atoms with Crippen molar-refractivity contribution in [3.63, 3.8) is 0 Å². The van der Waals surface area contributed by atoms with E-state index < -0.39 is 12.1 Å². The Hall–Kier alpha value is -3.32. The van der Waals surface area contributed by atoms with Gasteiger partial charge in [-0.25, -0.2) is 4.79 Å². The van der Waals surface area contributed by atoms with Gasteiger partial charge in [0.2, 0.25) is 5.91 Å². The first-order chi connectivity index (χ1) is 14.1. The number of para-hydroxylation sites is 1. The molecule has 1 aromatic heterocycles. The van der Waals surface area contributed by atoms with E-state index in [4.69, 9.17) is 0 Å². The van der Waals surface area contributed by atoms with Gasteiger partial charge in [0.05, 0.1) is 12.6 Å². The van der Waals surface area contributed by atoms with Crippen molar-refractivity contribution in [2.45, 2.75) is 32.2 Å². The van der Waals surface area contributed by atoms with Crippen molar-refractivity contribution in [2.24, 2.45) is 0 Å². The fraction of sp³-hybridized carbons (Fsp3) is 0.273. The molecule has 152 valence electrons. The van der Waals surface area contributed by atoms with Gasteiger partial charge in [0.25, 0.3) is 0 Å². The molecule has 0 bridgehead atoms. The molecule has 0 radical (unpaired) electrons. The average Bonchev–Trinajstić information content (AvgIpc) is 3.11. The summed E-state index contributed by atoms with van der Waals surface area (Å²) in [5.74, 6) is -0.0619. The number of fused-ring (bicyclic) bond motifs is 1. The molecule has 3 amide bonds. The van der Waals surface area contributed by atoms with Crippen molar-refractivity contribution in [1.29, 1.82) is 0 Å². The summed E-state index contributed by atoms with van der Waals surface area (Å²) < 4.78 is 0. The van der Waals surface area contributed by atoms with Gasteiger partial charge in [0, 0.05) is 34.9 Å². The van der Waals surface area contributed by atoms with Crippen molar-refractivity contribution < 1.29 is 14.7 Å². The minimum Gasteiger partial charge on any atom is -0.394 e. The number of aliphatic hydroxyl groups is 1. The summed E-state index contributed by atoms with van der Waals surface area (Å²) in [7, 11) is 0. The third-order valence-corrected chi connectivity index (χ3v) is 4.58. The Labute approximate surface area is 169 Å². The molecular weight excluding hydrogens is 368 g/mol. The van der Waals surface area contributed by atoms with Crippen LogP contribution in [0.25, 0.3) is 10.9 Å². The molecule has 0 spiro atoms. The van der Waals surface area contributed by atoms with Crippen molar-refractivity contribution in [1.82, 2.24) is 10.3 Å². The molecule has 0 fully saturated rings. The summed E-state index contributed by atoms with van der Waals surface area (Å²) in [6, 6.07) is 14.0. The Morgan fingerprint density at radius 2 is 1.83 bits per heavy atom. The second-order valence-corrected chi connectivity index (χ2v) is 6.92. The number of hydrogen-bond donors (Lipinski definition) is 5. The molecule has 0 aliphatic carbocycles. The lowest BCUT2D eigenvalue weighted by atomic mass is 10.1. The number of anilines is 2. The Bertz CT molecular complexity index is 983.